The van der Waals surface area contributed by atoms with E-state index in [1.54, 1.807) is 18.0 Å². The maximum atomic E-state index is 12.9. The van der Waals surface area contributed by atoms with Gasteiger partial charge in [0.15, 0.2) is 12.4 Å². The summed E-state index contributed by atoms with van der Waals surface area (Å²) in [6.45, 7) is 4.87. The van der Waals surface area contributed by atoms with Crippen molar-refractivity contribution in [3.8, 4) is 22.6 Å². The number of hydrogen-bond donors (Lipinski definition) is 5. The smallest absolute Gasteiger partial charge is 0.411 e. The van der Waals surface area contributed by atoms with E-state index in [1.165, 1.54) is 17.2 Å². The number of anilines is 2. The summed E-state index contributed by atoms with van der Waals surface area (Å²) in [4.78, 5) is 41.4. The van der Waals surface area contributed by atoms with Crippen molar-refractivity contribution in [2.24, 2.45) is 11.8 Å². The van der Waals surface area contributed by atoms with Crippen molar-refractivity contribution < 1.29 is 38.8 Å². The number of amides is 3. The molecule has 2 heterocycles. The van der Waals surface area contributed by atoms with Crippen LogP contribution in [0.25, 0.3) is 11.1 Å². The number of likely N-dealkylation sites (tertiary alicyclic amines) is 1. The second-order valence-corrected chi connectivity index (χ2v) is 15.7. The number of ether oxygens (including phenoxy) is 3. The molecule has 59 heavy (non-hydrogen) atoms. The van der Waals surface area contributed by atoms with Gasteiger partial charge in [0.25, 0.3) is 5.91 Å². The number of para-hydroxylation sites is 1. The molecule has 4 aromatic rings. The molecule has 7 rings (SSSR count). The van der Waals surface area contributed by atoms with Gasteiger partial charge >= 0.3 is 6.09 Å². The van der Waals surface area contributed by atoms with Crippen LogP contribution in [0.2, 0.25) is 0 Å². The highest BCUT2D eigenvalue weighted by Gasteiger charge is 2.42. The second kappa shape index (κ2) is 20.0. The Morgan fingerprint density at radius 2 is 1.69 bits per heavy atom. The van der Waals surface area contributed by atoms with Gasteiger partial charge in [0.2, 0.25) is 5.91 Å². The van der Waals surface area contributed by atoms with Gasteiger partial charge in [0.05, 0.1) is 31.4 Å². The third kappa shape index (κ3) is 11.2. The summed E-state index contributed by atoms with van der Waals surface area (Å²) >= 11 is 0. The van der Waals surface area contributed by atoms with E-state index in [-0.39, 0.29) is 60.8 Å². The van der Waals surface area contributed by atoms with Crippen molar-refractivity contribution in [1.82, 2.24) is 15.1 Å². The molecule has 2 fully saturated rings. The summed E-state index contributed by atoms with van der Waals surface area (Å²) in [5.74, 6) is 0.823. The first kappa shape index (κ1) is 41.7. The molecule has 0 radical (unpaired) electrons. The highest BCUT2D eigenvalue weighted by Crippen LogP contribution is 2.42. The Hall–Kier alpha value is -5.47. The van der Waals surface area contributed by atoms with Gasteiger partial charge in [-0.3, -0.25) is 14.9 Å². The SMILES string of the molecule is CN(CCNC[C@H](O)c1ccc(O)c2c1OCC(=O)N2)C(=O)CCOCCc1cccc(CCN2CC3CC(OC(=O)Nc4ccccc4-c4ccccc4)C[C@@H]3C2)c1. The van der Waals surface area contributed by atoms with Gasteiger partial charge < -0.3 is 44.9 Å². The largest absolute Gasteiger partial charge is 0.506 e. The first-order valence-electron chi connectivity index (χ1n) is 20.6. The lowest BCUT2D eigenvalue weighted by Gasteiger charge is -2.24. The maximum Gasteiger partial charge on any atom is 0.411 e. The highest BCUT2D eigenvalue weighted by atomic mass is 16.6. The average Bonchev–Trinajstić information content (AvgIpc) is 3.80. The first-order chi connectivity index (χ1) is 28.7. The molecule has 0 aromatic heterocycles. The van der Waals surface area contributed by atoms with E-state index in [4.69, 9.17) is 14.2 Å². The van der Waals surface area contributed by atoms with Crippen LogP contribution in [0.15, 0.2) is 91.0 Å². The third-order valence-electron chi connectivity index (χ3n) is 11.5. The number of carbonyl (C=O) groups is 3. The van der Waals surface area contributed by atoms with Crippen LogP contribution in [-0.2, 0) is 31.9 Å². The molecule has 3 amide bonds. The Kier molecular flexibility index (Phi) is 14.1. The van der Waals surface area contributed by atoms with E-state index < -0.39 is 6.10 Å². The average molecular weight is 806 g/mol. The van der Waals surface area contributed by atoms with Crippen LogP contribution >= 0.6 is 0 Å². The molecule has 1 saturated heterocycles. The Bertz CT molecular complexity index is 2050. The van der Waals surface area contributed by atoms with Crippen molar-refractivity contribution in [1.29, 1.82) is 0 Å². The number of aromatic hydroxyl groups is 1. The monoisotopic (exact) mass is 805 g/mol. The fourth-order valence-corrected chi connectivity index (χ4v) is 8.40. The van der Waals surface area contributed by atoms with E-state index in [1.807, 2.05) is 54.6 Å². The number of hydrogen-bond acceptors (Lipinski definition) is 10. The van der Waals surface area contributed by atoms with Crippen molar-refractivity contribution in [2.75, 3.05) is 76.8 Å². The molecule has 1 aliphatic carbocycles. The fraction of sp³-hybridized carbons (Fsp3) is 0.413. The van der Waals surface area contributed by atoms with Crippen LogP contribution < -0.4 is 20.7 Å². The highest BCUT2D eigenvalue weighted by molar-refractivity contribution is 5.97. The maximum absolute atomic E-state index is 12.9. The van der Waals surface area contributed by atoms with Gasteiger partial charge in [-0.15, -0.1) is 0 Å². The van der Waals surface area contributed by atoms with E-state index >= 15 is 0 Å². The fourth-order valence-electron chi connectivity index (χ4n) is 8.40. The molecule has 13 heteroatoms. The second-order valence-electron chi connectivity index (χ2n) is 15.7. The molecule has 1 saturated carbocycles. The number of nitrogens with zero attached hydrogens (tertiary/aromatic N) is 2. The van der Waals surface area contributed by atoms with Gasteiger partial charge in [-0.05, 0) is 72.4 Å². The lowest BCUT2D eigenvalue weighted by Crippen LogP contribution is -2.35. The molecule has 2 aliphatic heterocycles. The standard InChI is InChI=1S/C46H55N5O8/c1-50(21-19-47-27-41(53)38-14-15-40(52)44-45(38)58-30-42(54)49-44)43(55)18-23-57-22-17-32-9-7-8-31(24-32)16-20-51-28-34-25-36(26-35(34)29-51)59-46(56)48-39-13-6-5-12-37(39)33-10-3-2-4-11-33/h2-15,24,34-36,41,47,52-53H,16-23,25-30H2,1H3,(H,48,56)(H,49,54)/t34-,35?,36?,41+/m1/s1. The Morgan fingerprint density at radius 1 is 0.949 bits per heavy atom. The number of likely N-dealkylation sites (N-methyl/N-ethyl adjacent to an activating group) is 1. The minimum Gasteiger partial charge on any atom is -0.506 e. The number of carbonyl (C=O) groups excluding carboxylic acids is 3. The number of aliphatic hydroxyl groups is 1. The first-order valence-corrected chi connectivity index (χ1v) is 20.6. The van der Waals surface area contributed by atoms with Crippen LogP contribution in [0.3, 0.4) is 0 Å². The topological polar surface area (TPSA) is 162 Å². The van der Waals surface area contributed by atoms with Crippen LogP contribution in [0.5, 0.6) is 11.5 Å². The van der Waals surface area contributed by atoms with Gasteiger partial charge in [-0.1, -0.05) is 72.8 Å². The number of fused-ring (bicyclic) bond motifs is 2. The van der Waals surface area contributed by atoms with Crippen molar-refractivity contribution in [3.05, 3.63) is 108 Å². The van der Waals surface area contributed by atoms with Gasteiger partial charge in [-0.25, -0.2) is 4.79 Å². The van der Waals surface area contributed by atoms with E-state index in [2.05, 4.69) is 45.1 Å². The molecular formula is C46H55N5O8. The Labute approximate surface area is 345 Å². The zero-order valence-corrected chi connectivity index (χ0v) is 33.6. The number of aliphatic hydroxyl groups excluding tert-OH is 1. The summed E-state index contributed by atoms with van der Waals surface area (Å²) in [5, 5.41) is 29.5. The van der Waals surface area contributed by atoms with Crippen LogP contribution in [0.4, 0.5) is 16.2 Å². The summed E-state index contributed by atoms with van der Waals surface area (Å²) in [5.41, 5.74) is 5.90. The molecule has 3 aliphatic rings. The van der Waals surface area contributed by atoms with Crippen LogP contribution in [0, 0.1) is 11.8 Å². The third-order valence-corrected chi connectivity index (χ3v) is 11.5. The number of phenolic OH excluding ortho intramolecular Hbond substituents is 1. The number of phenols is 1. The van der Waals surface area contributed by atoms with E-state index in [9.17, 15) is 24.6 Å². The molecule has 2 unspecified atom stereocenters. The molecule has 0 spiro atoms. The molecule has 4 aromatic carbocycles. The summed E-state index contributed by atoms with van der Waals surface area (Å²) in [6.07, 6.45) is 2.44. The predicted molar refractivity (Wildman–Crippen MR) is 225 cm³/mol. The minimum absolute atomic E-state index is 0.0219. The van der Waals surface area contributed by atoms with E-state index in [0.29, 0.717) is 43.7 Å². The van der Waals surface area contributed by atoms with Crippen LogP contribution in [-0.4, -0.2) is 110 Å². The number of benzene rings is 4. The molecule has 4 atom stereocenters. The molecular weight excluding hydrogens is 751 g/mol. The van der Waals surface area contributed by atoms with Crippen molar-refractivity contribution in [2.45, 2.75) is 44.3 Å². The van der Waals surface area contributed by atoms with Gasteiger partial charge in [0.1, 0.15) is 17.5 Å². The van der Waals surface area contributed by atoms with Gasteiger partial charge in [0, 0.05) is 57.4 Å². The van der Waals surface area contributed by atoms with E-state index in [0.717, 1.165) is 62.1 Å². The van der Waals surface area contributed by atoms with Crippen molar-refractivity contribution in [3.63, 3.8) is 0 Å². The summed E-state index contributed by atoms with van der Waals surface area (Å²) < 4.78 is 17.2. The Balaban J connectivity index is 0.742. The summed E-state index contributed by atoms with van der Waals surface area (Å²) in [6, 6.07) is 29.5. The quantitative estimate of drug-likeness (QED) is 0.0631. The minimum atomic E-state index is -0.937. The molecule has 13 nitrogen and oxygen atoms in total. The lowest BCUT2D eigenvalue weighted by atomic mass is 10.0. The van der Waals surface area contributed by atoms with Gasteiger partial charge in [-0.2, -0.15) is 0 Å². The number of rotatable bonds is 18. The van der Waals surface area contributed by atoms with Crippen molar-refractivity contribution >= 4 is 29.3 Å². The lowest BCUT2D eigenvalue weighted by molar-refractivity contribution is -0.131. The number of nitrogens with one attached hydrogen (secondary N) is 3. The molecule has 5 N–H and O–H groups in total. The predicted octanol–water partition coefficient (Wildman–Crippen LogP) is 5.62. The summed E-state index contributed by atoms with van der Waals surface area (Å²) in [7, 11) is 1.74. The normalized spacial score (nSPS) is 18.9. The molecule has 312 valence electrons. The van der Waals surface area contributed by atoms with Crippen LogP contribution in [0.1, 0.15) is 42.1 Å². The zero-order valence-electron chi connectivity index (χ0n) is 33.6. The zero-order chi connectivity index (χ0) is 41.1. The molecule has 0 bridgehead atoms. The Morgan fingerprint density at radius 3 is 2.49 bits per heavy atom.